The van der Waals surface area contributed by atoms with E-state index in [1.54, 1.807) is 19.2 Å². The third-order valence-electron chi connectivity index (χ3n) is 7.31. The van der Waals surface area contributed by atoms with Crippen LogP contribution >= 0.6 is 0 Å². The predicted octanol–water partition coefficient (Wildman–Crippen LogP) is 6.07. The van der Waals surface area contributed by atoms with Crippen molar-refractivity contribution in [1.29, 1.82) is 0 Å². The summed E-state index contributed by atoms with van der Waals surface area (Å²) in [7, 11) is 0. The van der Waals surface area contributed by atoms with Crippen molar-refractivity contribution >= 4 is 16.9 Å². The molecular formula is C29H36FN3O3. The summed E-state index contributed by atoms with van der Waals surface area (Å²) in [4.78, 5) is 21.4. The number of carbonyl (C=O) groups excluding carboxylic acids is 1. The second kappa shape index (κ2) is 11.4. The molecule has 1 aliphatic heterocycles. The first kappa shape index (κ1) is 26.2. The molecule has 3 heterocycles. The van der Waals surface area contributed by atoms with E-state index >= 15 is 4.39 Å². The molecule has 6 nitrogen and oxygen atoms in total. The number of aryl methyl sites for hydroxylation is 1. The Balaban J connectivity index is 1.36. The van der Waals surface area contributed by atoms with E-state index in [-0.39, 0.29) is 30.1 Å². The van der Waals surface area contributed by atoms with E-state index in [4.69, 9.17) is 9.47 Å². The fourth-order valence-corrected chi connectivity index (χ4v) is 4.95. The molecule has 0 radical (unpaired) electrons. The number of halogens is 1. The van der Waals surface area contributed by atoms with Gasteiger partial charge in [-0.3, -0.25) is 4.79 Å². The van der Waals surface area contributed by atoms with Crippen molar-refractivity contribution in [3.63, 3.8) is 0 Å². The zero-order chi connectivity index (χ0) is 25.7. The molecule has 7 heteroatoms. The molecule has 1 aliphatic rings. The fraction of sp³-hybridized carbons (Fsp3) is 0.483. The van der Waals surface area contributed by atoms with E-state index in [1.807, 2.05) is 24.3 Å². The lowest BCUT2D eigenvalue weighted by Gasteiger charge is -2.30. The van der Waals surface area contributed by atoms with Gasteiger partial charge in [0.25, 0.3) is 5.91 Å². The molecule has 1 fully saturated rings. The number of ether oxygens (including phenoxy) is 2. The minimum atomic E-state index is -0.473. The number of hydrogen-bond acceptors (Lipinski definition) is 5. The molecule has 4 rings (SSSR count). The van der Waals surface area contributed by atoms with Gasteiger partial charge in [-0.15, -0.1) is 0 Å². The average molecular weight is 494 g/mol. The number of benzene rings is 1. The van der Waals surface area contributed by atoms with Gasteiger partial charge in [0, 0.05) is 31.0 Å². The molecule has 0 spiro atoms. The summed E-state index contributed by atoms with van der Waals surface area (Å²) in [6.07, 6.45) is 5.28. The Bertz CT molecular complexity index is 1210. The Morgan fingerprint density at radius 3 is 2.67 bits per heavy atom. The van der Waals surface area contributed by atoms with Crippen LogP contribution in [-0.2, 0) is 16.0 Å². The number of hydrogen-bond donors (Lipinski definition) is 1. The SMILES string of the molecule is CCCC1(CCC(C)C(C)c2ccc(CNC(=O)c3cc4cccnc4nc3C)cc2F)OCCO1. The van der Waals surface area contributed by atoms with Gasteiger partial charge >= 0.3 is 0 Å². The lowest BCUT2D eigenvalue weighted by Crippen LogP contribution is -2.30. The monoisotopic (exact) mass is 493 g/mol. The zero-order valence-electron chi connectivity index (χ0n) is 21.6. The van der Waals surface area contributed by atoms with Crippen molar-refractivity contribution in [3.05, 3.63) is 70.8 Å². The number of carbonyl (C=O) groups is 1. The third kappa shape index (κ3) is 5.90. The Labute approximate surface area is 212 Å². The maximum absolute atomic E-state index is 15.1. The second-order valence-electron chi connectivity index (χ2n) is 9.87. The first-order valence-electron chi connectivity index (χ1n) is 12.9. The predicted molar refractivity (Wildman–Crippen MR) is 138 cm³/mol. The van der Waals surface area contributed by atoms with Crippen LogP contribution in [0, 0.1) is 18.7 Å². The van der Waals surface area contributed by atoms with E-state index in [1.165, 1.54) is 6.07 Å². The molecule has 2 unspecified atom stereocenters. The highest BCUT2D eigenvalue weighted by Crippen LogP contribution is 2.36. The molecule has 192 valence electrons. The van der Waals surface area contributed by atoms with Crippen LogP contribution in [0.1, 0.15) is 79.6 Å². The first-order valence-corrected chi connectivity index (χ1v) is 12.9. The van der Waals surface area contributed by atoms with Crippen LogP contribution in [0.2, 0.25) is 0 Å². The number of fused-ring (bicyclic) bond motifs is 1. The van der Waals surface area contributed by atoms with Crippen LogP contribution in [-0.4, -0.2) is 34.9 Å². The topological polar surface area (TPSA) is 73.3 Å². The standard InChI is InChI=1S/C29H36FN3O3/c1-5-11-29(35-14-15-36-29)12-10-19(2)20(3)24-9-8-22(16-26(24)30)18-32-28(34)25-17-23-7-6-13-31-27(23)33-21(25)4/h6-9,13,16-17,19-20H,5,10-12,14-15,18H2,1-4H3,(H,32,34). The lowest BCUT2D eigenvalue weighted by atomic mass is 9.84. The fourth-order valence-electron chi connectivity index (χ4n) is 4.95. The van der Waals surface area contributed by atoms with Gasteiger partial charge in [0.15, 0.2) is 11.4 Å². The summed E-state index contributed by atoms with van der Waals surface area (Å²) in [6.45, 7) is 9.67. The number of amides is 1. The summed E-state index contributed by atoms with van der Waals surface area (Å²) in [5, 5.41) is 3.70. The summed E-state index contributed by atoms with van der Waals surface area (Å²) in [6, 6.07) is 10.7. The molecule has 0 bridgehead atoms. The van der Waals surface area contributed by atoms with Crippen LogP contribution in [0.4, 0.5) is 4.39 Å². The van der Waals surface area contributed by atoms with Crippen LogP contribution in [0.15, 0.2) is 42.6 Å². The molecule has 3 aromatic rings. The maximum Gasteiger partial charge on any atom is 0.253 e. The molecular weight excluding hydrogens is 457 g/mol. The number of nitrogens with zero attached hydrogens (tertiary/aromatic N) is 2. The van der Waals surface area contributed by atoms with Crippen LogP contribution in [0.5, 0.6) is 0 Å². The molecule has 1 amide bonds. The zero-order valence-corrected chi connectivity index (χ0v) is 21.6. The maximum atomic E-state index is 15.1. The van der Waals surface area contributed by atoms with Gasteiger partial charge in [-0.1, -0.05) is 39.3 Å². The molecule has 1 aromatic carbocycles. The molecule has 36 heavy (non-hydrogen) atoms. The van der Waals surface area contributed by atoms with Gasteiger partial charge in [-0.05, 0) is 60.6 Å². The van der Waals surface area contributed by atoms with Crippen molar-refractivity contribution < 1.29 is 18.7 Å². The van der Waals surface area contributed by atoms with Gasteiger partial charge in [0.2, 0.25) is 0 Å². The van der Waals surface area contributed by atoms with Gasteiger partial charge in [0.05, 0.1) is 24.5 Å². The summed E-state index contributed by atoms with van der Waals surface area (Å²) in [5.74, 6) is -0.640. The third-order valence-corrected chi connectivity index (χ3v) is 7.31. The number of pyridine rings is 2. The Kier molecular flexibility index (Phi) is 8.32. The normalized spacial score (nSPS) is 16.7. The van der Waals surface area contributed by atoms with E-state index in [9.17, 15) is 4.79 Å². The Morgan fingerprint density at radius 1 is 1.17 bits per heavy atom. The van der Waals surface area contributed by atoms with Crippen LogP contribution < -0.4 is 5.32 Å². The molecule has 2 atom stereocenters. The first-order chi connectivity index (χ1) is 17.3. The number of aromatic nitrogens is 2. The minimum Gasteiger partial charge on any atom is -0.348 e. The quantitative estimate of drug-likeness (QED) is 0.371. The average Bonchev–Trinajstić information content (AvgIpc) is 3.34. The van der Waals surface area contributed by atoms with Gasteiger partial charge in [0.1, 0.15) is 5.82 Å². The van der Waals surface area contributed by atoms with E-state index < -0.39 is 5.79 Å². The van der Waals surface area contributed by atoms with Gasteiger partial charge in [-0.2, -0.15) is 0 Å². The molecule has 0 saturated carbocycles. The number of nitrogens with one attached hydrogen (secondary N) is 1. The van der Waals surface area contributed by atoms with Crippen molar-refractivity contribution in [2.75, 3.05) is 13.2 Å². The Hall–Kier alpha value is -2.90. The summed E-state index contributed by atoms with van der Waals surface area (Å²) in [5.41, 5.74) is 3.12. The van der Waals surface area contributed by atoms with E-state index in [0.717, 1.165) is 31.1 Å². The highest BCUT2D eigenvalue weighted by atomic mass is 19.1. The smallest absolute Gasteiger partial charge is 0.253 e. The lowest BCUT2D eigenvalue weighted by molar-refractivity contribution is -0.169. The van der Waals surface area contributed by atoms with Gasteiger partial charge < -0.3 is 14.8 Å². The summed E-state index contributed by atoms with van der Waals surface area (Å²) >= 11 is 0. The molecule has 0 aliphatic carbocycles. The van der Waals surface area contributed by atoms with Crippen LogP contribution in [0.3, 0.4) is 0 Å². The molecule has 1 saturated heterocycles. The molecule has 1 N–H and O–H groups in total. The highest BCUT2D eigenvalue weighted by Gasteiger charge is 2.36. The van der Waals surface area contributed by atoms with Gasteiger partial charge in [-0.25, -0.2) is 14.4 Å². The van der Waals surface area contributed by atoms with Crippen molar-refractivity contribution in [2.24, 2.45) is 5.92 Å². The number of rotatable bonds is 10. The second-order valence-corrected chi connectivity index (χ2v) is 9.87. The van der Waals surface area contributed by atoms with Crippen molar-refractivity contribution in [2.45, 2.75) is 71.6 Å². The molecule has 2 aromatic heterocycles. The Morgan fingerprint density at radius 2 is 1.94 bits per heavy atom. The minimum absolute atomic E-state index is 0.0497. The van der Waals surface area contributed by atoms with Crippen molar-refractivity contribution in [3.8, 4) is 0 Å². The van der Waals surface area contributed by atoms with E-state index in [0.29, 0.717) is 41.2 Å². The summed E-state index contributed by atoms with van der Waals surface area (Å²) < 4.78 is 27.0. The van der Waals surface area contributed by atoms with Crippen LogP contribution in [0.25, 0.3) is 11.0 Å². The van der Waals surface area contributed by atoms with Crippen molar-refractivity contribution in [1.82, 2.24) is 15.3 Å². The largest absolute Gasteiger partial charge is 0.348 e. The highest BCUT2D eigenvalue weighted by molar-refractivity contribution is 5.98. The van der Waals surface area contributed by atoms with E-state index in [2.05, 4.69) is 36.1 Å².